The number of aryl methyl sites for hydroxylation is 1. The van der Waals surface area contributed by atoms with Crippen LogP contribution in [0.15, 0.2) is 51.7 Å². The number of hydrogen-bond donors (Lipinski definition) is 3. The second-order valence-electron chi connectivity index (χ2n) is 10.4. The van der Waals surface area contributed by atoms with Crippen molar-refractivity contribution in [1.29, 1.82) is 0 Å². The van der Waals surface area contributed by atoms with Crippen LogP contribution in [-0.2, 0) is 31.2 Å². The quantitative estimate of drug-likeness (QED) is 0.215. The van der Waals surface area contributed by atoms with Gasteiger partial charge in [-0.1, -0.05) is 17.7 Å². The highest BCUT2D eigenvalue weighted by atomic mass is 32.2. The average Bonchev–Trinajstić information content (AvgIpc) is 3.32. The topological polar surface area (TPSA) is 153 Å². The predicted molar refractivity (Wildman–Crippen MR) is 158 cm³/mol. The third kappa shape index (κ3) is 5.44. The van der Waals surface area contributed by atoms with Crippen molar-refractivity contribution in [1.82, 2.24) is 23.7 Å². The summed E-state index contributed by atoms with van der Waals surface area (Å²) in [5.41, 5.74) is 8.27. The van der Waals surface area contributed by atoms with E-state index in [9.17, 15) is 13.8 Å². The predicted octanol–water partition coefficient (Wildman–Crippen LogP) is 1.98. The Hall–Kier alpha value is -3.81. The van der Waals surface area contributed by atoms with Crippen molar-refractivity contribution in [2.24, 2.45) is 12.8 Å². The smallest absolute Gasteiger partial charge is 0.332 e. The van der Waals surface area contributed by atoms with Crippen LogP contribution in [0.4, 0.5) is 11.6 Å². The Morgan fingerprint density at radius 3 is 2.77 bits per heavy atom. The summed E-state index contributed by atoms with van der Waals surface area (Å²) in [6.07, 6.45) is 5.53. The number of aromatic nitrogens is 5. The molecule has 4 aromatic rings. The van der Waals surface area contributed by atoms with E-state index in [1.807, 2.05) is 36.6 Å². The number of nitrogens with one attached hydrogen (secondary N) is 1. The summed E-state index contributed by atoms with van der Waals surface area (Å²) in [4.78, 5) is 39.0. The van der Waals surface area contributed by atoms with Gasteiger partial charge in [-0.3, -0.25) is 18.9 Å². The zero-order valence-corrected chi connectivity index (χ0v) is 23.6. The lowest BCUT2D eigenvalue weighted by atomic mass is 10.1. The number of benzene rings is 1. The molecule has 2 atom stereocenters. The number of fused-ring (bicyclic) bond motifs is 2. The molecule has 0 radical (unpaired) electrons. The van der Waals surface area contributed by atoms with E-state index < -0.39 is 22.3 Å². The first-order valence-electron chi connectivity index (χ1n) is 13.2. The lowest BCUT2D eigenvalue weighted by Crippen LogP contribution is -2.44. The highest BCUT2D eigenvalue weighted by Crippen LogP contribution is 2.25. The van der Waals surface area contributed by atoms with Gasteiger partial charge in [-0.2, -0.15) is 4.98 Å². The SMILES string of the molecule is CC(C)=CCn1c(N2CCCC(N)C2)nc2c1c(=O)n(Cc1nccc3ccc(NCS(=O)O)cc13)c(=O)n2C. The zero-order chi connectivity index (χ0) is 28.6. The molecular weight excluding hydrogens is 532 g/mol. The van der Waals surface area contributed by atoms with Crippen LogP contribution in [0, 0.1) is 0 Å². The molecule has 3 aromatic heterocycles. The number of hydrogen-bond acceptors (Lipinski definition) is 8. The molecule has 1 fully saturated rings. The molecule has 5 rings (SSSR count). The highest BCUT2D eigenvalue weighted by Gasteiger charge is 2.26. The molecule has 1 aliphatic rings. The number of pyridine rings is 1. The average molecular weight is 567 g/mol. The molecule has 0 amide bonds. The minimum atomic E-state index is -2.01. The standard InChI is InChI=1S/C27H34N8O4S/c1-17(2)9-12-34-23-24(31-26(34)33-11-4-5-19(28)14-33)32(3)27(37)35(25(23)36)15-22-21-13-20(30-16-40(38)39)7-6-18(21)8-10-29-22/h6-10,13,19,30H,4-5,11-12,14-16,28H2,1-3H3,(H,38,39). The van der Waals surface area contributed by atoms with Gasteiger partial charge in [-0.25, -0.2) is 9.00 Å². The third-order valence-corrected chi connectivity index (χ3v) is 7.58. The molecular formula is C27H34N8O4S. The van der Waals surface area contributed by atoms with Crippen LogP contribution < -0.4 is 27.2 Å². The second-order valence-corrected chi connectivity index (χ2v) is 11.3. The Labute approximate surface area is 233 Å². The number of rotatable bonds is 8. The van der Waals surface area contributed by atoms with E-state index in [-0.39, 0.29) is 18.5 Å². The van der Waals surface area contributed by atoms with Crippen molar-refractivity contribution in [3.63, 3.8) is 0 Å². The Balaban J connectivity index is 1.66. The molecule has 0 bridgehead atoms. The fourth-order valence-electron chi connectivity index (χ4n) is 5.14. The van der Waals surface area contributed by atoms with Gasteiger partial charge in [0.15, 0.2) is 22.2 Å². The molecule has 1 aliphatic heterocycles. The van der Waals surface area contributed by atoms with Gasteiger partial charge in [-0.05, 0) is 50.3 Å². The number of nitrogens with zero attached hydrogens (tertiary/aromatic N) is 6. The minimum Gasteiger partial charge on any atom is -0.372 e. The Kier molecular flexibility index (Phi) is 7.88. The lowest BCUT2D eigenvalue weighted by molar-refractivity contribution is 0.495. The van der Waals surface area contributed by atoms with Crippen LogP contribution in [0.1, 0.15) is 32.4 Å². The van der Waals surface area contributed by atoms with E-state index in [4.69, 9.17) is 15.3 Å². The summed E-state index contributed by atoms with van der Waals surface area (Å²) in [6.45, 7) is 5.77. The van der Waals surface area contributed by atoms with Crippen LogP contribution in [0.2, 0.25) is 0 Å². The van der Waals surface area contributed by atoms with Crippen molar-refractivity contribution < 1.29 is 8.76 Å². The fraction of sp³-hybridized carbons (Fsp3) is 0.407. The Morgan fingerprint density at radius 1 is 1.25 bits per heavy atom. The molecule has 1 aromatic carbocycles. The van der Waals surface area contributed by atoms with Crippen LogP contribution in [0.3, 0.4) is 0 Å². The van der Waals surface area contributed by atoms with Crippen molar-refractivity contribution in [2.45, 2.75) is 45.8 Å². The zero-order valence-electron chi connectivity index (χ0n) is 22.8. The first kappa shape index (κ1) is 27.7. The van der Waals surface area contributed by atoms with Gasteiger partial charge in [-0.15, -0.1) is 0 Å². The first-order chi connectivity index (χ1) is 19.1. The summed E-state index contributed by atoms with van der Waals surface area (Å²) >= 11 is -2.01. The van der Waals surface area contributed by atoms with E-state index in [1.165, 1.54) is 9.13 Å². The molecule has 0 aliphatic carbocycles. The van der Waals surface area contributed by atoms with Crippen LogP contribution in [0.25, 0.3) is 21.9 Å². The third-order valence-electron chi connectivity index (χ3n) is 7.19. The van der Waals surface area contributed by atoms with Gasteiger partial charge < -0.3 is 25.1 Å². The van der Waals surface area contributed by atoms with Crippen LogP contribution >= 0.6 is 0 Å². The fourth-order valence-corrected chi connectivity index (χ4v) is 5.43. The molecule has 0 saturated carbocycles. The number of allylic oxidation sites excluding steroid dienone is 2. The Morgan fingerprint density at radius 2 is 2.05 bits per heavy atom. The maximum Gasteiger partial charge on any atom is 0.332 e. The summed E-state index contributed by atoms with van der Waals surface area (Å²) in [6, 6.07) is 7.31. The van der Waals surface area contributed by atoms with Gasteiger partial charge >= 0.3 is 5.69 Å². The summed E-state index contributed by atoms with van der Waals surface area (Å²) in [5.74, 6) is 0.505. The molecule has 212 valence electrons. The maximum absolute atomic E-state index is 14.0. The summed E-state index contributed by atoms with van der Waals surface area (Å²) in [5, 5.41) is 4.50. The summed E-state index contributed by atoms with van der Waals surface area (Å²) in [7, 11) is 1.62. The van der Waals surface area contributed by atoms with E-state index >= 15 is 0 Å². The number of piperidine rings is 1. The van der Waals surface area contributed by atoms with E-state index in [1.54, 1.807) is 25.4 Å². The molecule has 0 spiro atoms. The minimum absolute atomic E-state index is 0.0140. The molecule has 12 nitrogen and oxygen atoms in total. The first-order valence-corrected chi connectivity index (χ1v) is 14.4. The van der Waals surface area contributed by atoms with Crippen molar-refractivity contribution in [3.05, 3.63) is 68.6 Å². The largest absolute Gasteiger partial charge is 0.372 e. The maximum atomic E-state index is 14.0. The van der Waals surface area contributed by atoms with Crippen molar-refractivity contribution in [2.75, 3.05) is 29.2 Å². The van der Waals surface area contributed by atoms with Gasteiger partial charge in [0.05, 0.1) is 12.2 Å². The highest BCUT2D eigenvalue weighted by molar-refractivity contribution is 7.79. The van der Waals surface area contributed by atoms with Crippen LogP contribution in [-0.4, -0.2) is 57.4 Å². The van der Waals surface area contributed by atoms with Crippen molar-refractivity contribution >= 4 is 44.7 Å². The van der Waals surface area contributed by atoms with Gasteiger partial charge in [0.25, 0.3) is 5.56 Å². The normalized spacial score (nSPS) is 16.4. The Bertz CT molecular complexity index is 1750. The summed E-state index contributed by atoms with van der Waals surface area (Å²) < 4.78 is 24.8. The van der Waals surface area contributed by atoms with Gasteiger partial charge in [0.1, 0.15) is 5.88 Å². The number of nitrogens with two attached hydrogens (primary N) is 1. The molecule has 4 N–H and O–H groups in total. The lowest BCUT2D eigenvalue weighted by Gasteiger charge is -2.31. The van der Waals surface area contributed by atoms with Gasteiger partial charge in [0.2, 0.25) is 5.95 Å². The monoisotopic (exact) mass is 566 g/mol. The second kappa shape index (κ2) is 11.4. The van der Waals surface area contributed by atoms with Gasteiger partial charge in [0, 0.05) is 50.0 Å². The van der Waals surface area contributed by atoms with Crippen LogP contribution in [0.5, 0.6) is 0 Å². The molecule has 2 unspecified atom stereocenters. The number of imidazole rings is 1. The van der Waals surface area contributed by atoms with Crippen molar-refractivity contribution in [3.8, 4) is 0 Å². The molecule has 4 heterocycles. The number of anilines is 2. The molecule has 1 saturated heterocycles. The van der Waals surface area contributed by atoms with E-state index in [0.29, 0.717) is 41.6 Å². The van der Waals surface area contributed by atoms with E-state index in [0.717, 1.165) is 35.7 Å². The molecule has 13 heteroatoms. The molecule has 40 heavy (non-hydrogen) atoms. The van der Waals surface area contributed by atoms with E-state index in [2.05, 4.69) is 15.2 Å².